The number of rotatable bonds is 4. The van der Waals surface area contributed by atoms with Gasteiger partial charge in [-0.05, 0) is 47.1 Å². The molecule has 0 saturated carbocycles. The van der Waals surface area contributed by atoms with Gasteiger partial charge in [0, 0.05) is 11.6 Å². The summed E-state index contributed by atoms with van der Waals surface area (Å²) in [5, 5.41) is 9.52. The van der Waals surface area contributed by atoms with Crippen LogP contribution in [0, 0.1) is 34.7 Å². The molecule has 0 aliphatic carbocycles. The molecule has 1 unspecified atom stereocenters. The van der Waals surface area contributed by atoms with Crippen molar-refractivity contribution in [2.75, 3.05) is 4.90 Å². The quantitative estimate of drug-likeness (QED) is 0.488. The van der Waals surface area contributed by atoms with Crippen molar-refractivity contribution in [2.24, 2.45) is 0 Å². The van der Waals surface area contributed by atoms with Crippen LogP contribution in [0.3, 0.4) is 0 Å². The van der Waals surface area contributed by atoms with E-state index in [-0.39, 0.29) is 15.9 Å². The molecular formula is C19H12BrF4N3O2. The third-order valence-electron chi connectivity index (χ3n) is 4.23. The summed E-state index contributed by atoms with van der Waals surface area (Å²) < 4.78 is 60.4. The van der Waals surface area contributed by atoms with Crippen molar-refractivity contribution in [1.29, 1.82) is 5.26 Å². The van der Waals surface area contributed by atoms with Crippen LogP contribution in [0.15, 0.2) is 46.8 Å². The minimum atomic E-state index is -1.15. The summed E-state index contributed by atoms with van der Waals surface area (Å²) in [6.45, 7) is 0.955. The van der Waals surface area contributed by atoms with Crippen molar-refractivity contribution in [3.8, 4) is 6.19 Å². The number of benzene rings is 2. The largest absolute Gasteiger partial charge is 0.472 e. The molecule has 0 fully saturated rings. The van der Waals surface area contributed by atoms with Crippen LogP contribution in [0.5, 0.6) is 0 Å². The van der Waals surface area contributed by atoms with Crippen LogP contribution in [-0.4, -0.2) is 17.0 Å². The van der Waals surface area contributed by atoms with E-state index in [1.807, 2.05) is 0 Å². The summed E-state index contributed by atoms with van der Waals surface area (Å²) in [5.74, 6) is -4.73. The van der Waals surface area contributed by atoms with Gasteiger partial charge in [-0.25, -0.2) is 22.5 Å². The van der Waals surface area contributed by atoms with Crippen molar-refractivity contribution in [1.82, 2.24) is 4.90 Å². The van der Waals surface area contributed by atoms with E-state index >= 15 is 0 Å². The molecule has 150 valence electrons. The van der Waals surface area contributed by atoms with Crippen molar-refractivity contribution in [2.45, 2.75) is 19.7 Å². The van der Waals surface area contributed by atoms with Crippen LogP contribution in [0.2, 0.25) is 0 Å². The number of hydrogen-bond donors (Lipinski definition) is 0. The van der Waals surface area contributed by atoms with Crippen LogP contribution >= 0.6 is 15.9 Å². The van der Waals surface area contributed by atoms with Crippen molar-refractivity contribution < 1.29 is 27.1 Å². The maximum atomic E-state index is 14.2. The third kappa shape index (κ3) is 3.78. The molecule has 2 aromatic rings. The molecule has 1 heterocycles. The van der Waals surface area contributed by atoms with Crippen LogP contribution in [0.4, 0.5) is 23.2 Å². The Kier molecular flexibility index (Phi) is 5.79. The first kappa shape index (κ1) is 20.7. The highest BCUT2D eigenvalue weighted by atomic mass is 79.9. The van der Waals surface area contributed by atoms with E-state index in [0.717, 1.165) is 40.1 Å². The summed E-state index contributed by atoms with van der Waals surface area (Å²) >= 11 is 2.99. The molecule has 0 spiro atoms. The standard InChI is InChI=1S/C19H12BrF4N3O2/c1-10-26(9-25)19(29-8-11-5-6-12(21)7-15(11)24)16(20)18(28)27(10)17-13(22)3-2-4-14(17)23/h2-7,10H,8H2,1H3. The zero-order valence-electron chi connectivity index (χ0n) is 14.8. The summed E-state index contributed by atoms with van der Waals surface area (Å²) in [6, 6.07) is 5.97. The first-order valence-corrected chi connectivity index (χ1v) is 8.98. The van der Waals surface area contributed by atoms with Gasteiger partial charge in [-0.1, -0.05) is 6.07 Å². The van der Waals surface area contributed by atoms with Gasteiger partial charge in [-0.2, -0.15) is 5.26 Å². The number of para-hydroxylation sites is 1. The molecule has 29 heavy (non-hydrogen) atoms. The average Bonchev–Trinajstić information content (AvgIpc) is 2.67. The zero-order chi connectivity index (χ0) is 21.3. The Morgan fingerprint density at radius 1 is 1.14 bits per heavy atom. The average molecular weight is 470 g/mol. The van der Waals surface area contributed by atoms with Crippen molar-refractivity contribution in [3.05, 3.63) is 75.6 Å². The fourth-order valence-electron chi connectivity index (χ4n) is 2.81. The van der Waals surface area contributed by atoms with Gasteiger partial charge in [0.15, 0.2) is 6.19 Å². The van der Waals surface area contributed by atoms with E-state index in [9.17, 15) is 27.6 Å². The minimum Gasteiger partial charge on any atom is -0.472 e. The SMILES string of the molecule is CC1N(C#N)C(OCc2ccc(F)cc2F)=C(Br)C(=O)N1c1c(F)cccc1F. The van der Waals surface area contributed by atoms with Gasteiger partial charge in [0.25, 0.3) is 5.91 Å². The molecule has 1 atom stereocenters. The van der Waals surface area contributed by atoms with Gasteiger partial charge in [0.05, 0.1) is 0 Å². The molecule has 5 nitrogen and oxygen atoms in total. The Labute approximate surface area is 171 Å². The van der Waals surface area contributed by atoms with Gasteiger partial charge in [-0.15, -0.1) is 0 Å². The number of carbonyl (C=O) groups is 1. The number of halogens is 5. The number of amides is 1. The molecule has 2 aromatic carbocycles. The lowest BCUT2D eigenvalue weighted by molar-refractivity contribution is -0.117. The minimum absolute atomic E-state index is 0.0141. The fourth-order valence-corrected chi connectivity index (χ4v) is 3.31. The molecule has 0 radical (unpaired) electrons. The van der Waals surface area contributed by atoms with Crippen LogP contribution in [0.1, 0.15) is 12.5 Å². The molecule has 3 rings (SSSR count). The smallest absolute Gasteiger partial charge is 0.272 e. The first-order chi connectivity index (χ1) is 13.8. The molecule has 10 heteroatoms. The van der Waals surface area contributed by atoms with E-state index < -0.39 is 47.6 Å². The predicted octanol–water partition coefficient (Wildman–Crippen LogP) is 4.50. The third-order valence-corrected chi connectivity index (χ3v) is 4.90. The highest BCUT2D eigenvalue weighted by molar-refractivity contribution is 9.12. The maximum Gasteiger partial charge on any atom is 0.272 e. The lowest BCUT2D eigenvalue weighted by Crippen LogP contribution is -2.53. The van der Waals surface area contributed by atoms with Gasteiger partial charge in [0.1, 0.15) is 46.2 Å². The number of carbonyl (C=O) groups excluding carboxylic acids is 1. The Hall–Kier alpha value is -3.06. The number of hydrogen-bond acceptors (Lipinski definition) is 4. The molecule has 0 N–H and O–H groups in total. The fraction of sp³-hybridized carbons (Fsp3) is 0.158. The molecule has 0 saturated heterocycles. The van der Waals surface area contributed by atoms with Gasteiger partial charge in [-0.3, -0.25) is 9.69 Å². The molecule has 1 aliphatic rings. The van der Waals surface area contributed by atoms with Gasteiger partial charge >= 0.3 is 0 Å². The van der Waals surface area contributed by atoms with E-state index in [1.165, 1.54) is 6.92 Å². The zero-order valence-corrected chi connectivity index (χ0v) is 16.4. The van der Waals surface area contributed by atoms with Crippen LogP contribution < -0.4 is 4.90 Å². The van der Waals surface area contributed by atoms with Crippen molar-refractivity contribution in [3.63, 3.8) is 0 Å². The molecule has 1 amide bonds. The first-order valence-electron chi connectivity index (χ1n) is 8.19. The predicted molar refractivity (Wildman–Crippen MR) is 97.9 cm³/mol. The summed E-state index contributed by atoms with van der Waals surface area (Å²) in [7, 11) is 0. The lowest BCUT2D eigenvalue weighted by atomic mass is 10.2. The maximum absolute atomic E-state index is 14.2. The van der Waals surface area contributed by atoms with Crippen LogP contribution in [-0.2, 0) is 16.1 Å². The molecular weight excluding hydrogens is 458 g/mol. The second kappa shape index (κ2) is 8.13. The highest BCUT2D eigenvalue weighted by Crippen LogP contribution is 2.35. The topological polar surface area (TPSA) is 56.6 Å². The highest BCUT2D eigenvalue weighted by Gasteiger charge is 2.41. The van der Waals surface area contributed by atoms with E-state index in [0.29, 0.717) is 6.07 Å². The van der Waals surface area contributed by atoms with E-state index in [2.05, 4.69) is 15.9 Å². The number of ether oxygens (including phenoxy) is 1. The van der Waals surface area contributed by atoms with Gasteiger partial charge in [0.2, 0.25) is 5.88 Å². The summed E-state index contributed by atoms with van der Waals surface area (Å²) in [5.41, 5.74) is -0.634. The normalized spacial score (nSPS) is 16.9. The molecule has 0 bridgehead atoms. The summed E-state index contributed by atoms with van der Waals surface area (Å²) in [6.07, 6.45) is 0.636. The molecule has 1 aliphatic heterocycles. The molecule has 0 aromatic heterocycles. The van der Waals surface area contributed by atoms with Gasteiger partial charge < -0.3 is 4.74 Å². The second-order valence-corrected chi connectivity index (χ2v) is 6.78. The Bertz CT molecular complexity index is 1030. The Balaban J connectivity index is 1.97. The second-order valence-electron chi connectivity index (χ2n) is 5.99. The lowest BCUT2D eigenvalue weighted by Gasteiger charge is -2.39. The Morgan fingerprint density at radius 3 is 2.38 bits per heavy atom. The number of nitrogens with zero attached hydrogens (tertiary/aromatic N) is 3. The van der Waals surface area contributed by atoms with Crippen molar-refractivity contribution >= 4 is 27.5 Å². The van der Waals surface area contributed by atoms with E-state index in [1.54, 1.807) is 6.19 Å². The monoisotopic (exact) mass is 469 g/mol. The van der Waals surface area contributed by atoms with E-state index in [4.69, 9.17) is 4.74 Å². The summed E-state index contributed by atoms with van der Waals surface area (Å²) in [4.78, 5) is 14.5. The number of anilines is 1. The number of nitriles is 1. The van der Waals surface area contributed by atoms with Crippen LogP contribution in [0.25, 0.3) is 0 Å². The Morgan fingerprint density at radius 2 is 1.79 bits per heavy atom.